The van der Waals surface area contributed by atoms with Gasteiger partial charge in [0.15, 0.2) is 0 Å². The molecule has 4 aromatic carbocycles. The van der Waals surface area contributed by atoms with E-state index in [1.165, 1.54) is 29.2 Å². The molecule has 0 saturated heterocycles. The van der Waals surface area contributed by atoms with E-state index in [4.69, 9.17) is 0 Å². The Hall–Kier alpha value is -4.50. The van der Waals surface area contributed by atoms with Crippen LogP contribution in [0, 0.1) is 25.6 Å². The molecular formula is C36H40FN3O4S. The van der Waals surface area contributed by atoms with Gasteiger partial charge in [0.05, 0.1) is 10.6 Å². The Labute approximate surface area is 265 Å². The average Bonchev–Trinajstić information content (AvgIpc) is 3.02. The molecule has 0 aliphatic rings. The quantitative estimate of drug-likeness (QED) is 0.195. The molecule has 0 heterocycles. The number of nitrogens with one attached hydrogen (secondary N) is 1. The zero-order valence-corrected chi connectivity index (χ0v) is 26.9. The minimum absolute atomic E-state index is 0.0299. The van der Waals surface area contributed by atoms with Gasteiger partial charge in [-0.15, -0.1) is 0 Å². The summed E-state index contributed by atoms with van der Waals surface area (Å²) in [6.45, 7) is 7.48. The van der Waals surface area contributed by atoms with Gasteiger partial charge in [-0.3, -0.25) is 13.9 Å². The minimum Gasteiger partial charge on any atom is -0.354 e. The number of hydrogen-bond donors (Lipinski definition) is 1. The number of rotatable bonds is 13. The highest BCUT2D eigenvalue weighted by atomic mass is 32.2. The van der Waals surface area contributed by atoms with Crippen molar-refractivity contribution in [2.24, 2.45) is 5.92 Å². The molecule has 45 heavy (non-hydrogen) atoms. The minimum atomic E-state index is -4.19. The van der Waals surface area contributed by atoms with Crippen LogP contribution in [-0.4, -0.2) is 44.3 Å². The lowest BCUT2D eigenvalue weighted by molar-refractivity contribution is -0.140. The second kappa shape index (κ2) is 15.0. The fourth-order valence-corrected chi connectivity index (χ4v) is 6.58. The first-order valence-electron chi connectivity index (χ1n) is 15.0. The Kier molecular flexibility index (Phi) is 11.1. The van der Waals surface area contributed by atoms with Crippen LogP contribution in [0.4, 0.5) is 10.1 Å². The van der Waals surface area contributed by atoms with Crippen molar-refractivity contribution < 1.29 is 22.4 Å². The lowest BCUT2D eigenvalue weighted by atomic mass is 10.0. The normalized spacial score (nSPS) is 12.0. The number of nitrogens with zero attached hydrogens (tertiary/aromatic N) is 2. The number of carbonyl (C=O) groups excluding carboxylic acids is 2. The summed E-state index contributed by atoms with van der Waals surface area (Å²) >= 11 is 0. The molecule has 7 nitrogen and oxygen atoms in total. The monoisotopic (exact) mass is 629 g/mol. The summed E-state index contributed by atoms with van der Waals surface area (Å²) in [5.41, 5.74) is 3.43. The molecule has 0 aliphatic heterocycles. The van der Waals surface area contributed by atoms with Crippen molar-refractivity contribution in [1.29, 1.82) is 0 Å². The predicted molar refractivity (Wildman–Crippen MR) is 176 cm³/mol. The van der Waals surface area contributed by atoms with Gasteiger partial charge in [0, 0.05) is 19.5 Å². The predicted octanol–water partition coefficient (Wildman–Crippen LogP) is 6.05. The molecule has 0 radical (unpaired) electrons. The van der Waals surface area contributed by atoms with Crippen LogP contribution >= 0.6 is 0 Å². The lowest BCUT2D eigenvalue weighted by Crippen LogP contribution is -2.53. The van der Waals surface area contributed by atoms with Crippen LogP contribution < -0.4 is 9.62 Å². The van der Waals surface area contributed by atoms with Gasteiger partial charge in [-0.1, -0.05) is 92.2 Å². The standard InChI is InChI=1S/C36H40FN3O4S/c1-26(2)23-38-36(42)34(22-29-11-7-5-8-12-29)39(24-30-16-18-31(37)19-17-30)35(41)25-40(33-20-15-27(3)21-28(33)4)45(43,44)32-13-9-6-10-14-32/h5-21,26,34H,22-25H2,1-4H3,(H,38,42)/t34-/m1/s1. The SMILES string of the molecule is Cc1ccc(N(CC(=O)N(Cc2ccc(F)cc2)[C@H](Cc2ccccc2)C(=O)NCC(C)C)S(=O)(=O)c2ccccc2)c(C)c1. The summed E-state index contributed by atoms with van der Waals surface area (Å²) in [5.74, 6) is -1.18. The summed E-state index contributed by atoms with van der Waals surface area (Å²) in [4.78, 5) is 29.8. The number of aryl methyl sites for hydroxylation is 2. The maximum Gasteiger partial charge on any atom is 0.264 e. The molecule has 4 rings (SSSR count). The van der Waals surface area contributed by atoms with Gasteiger partial charge in [-0.05, 0) is 66.8 Å². The summed E-state index contributed by atoms with van der Waals surface area (Å²) < 4.78 is 43.2. The summed E-state index contributed by atoms with van der Waals surface area (Å²) in [5, 5.41) is 2.96. The number of carbonyl (C=O) groups is 2. The zero-order valence-electron chi connectivity index (χ0n) is 26.1. The molecule has 0 aliphatic carbocycles. The van der Waals surface area contributed by atoms with E-state index in [9.17, 15) is 22.4 Å². The molecule has 0 saturated carbocycles. The van der Waals surface area contributed by atoms with E-state index in [2.05, 4.69) is 5.32 Å². The van der Waals surface area contributed by atoms with Crippen molar-refractivity contribution >= 4 is 27.5 Å². The van der Waals surface area contributed by atoms with Crippen molar-refractivity contribution in [3.8, 4) is 0 Å². The van der Waals surface area contributed by atoms with Crippen LogP contribution in [0.3, 0.4) is 0 Å². The van der Waals surface area contributed by atoms with Crippen LogP contribution in [0.2, 0.25) is 0 Å². The highest BCUT2D eigenvalue weighted by Crippen LogP contribution is 2.28. The fourth-order valence-electron chi connectivity index (χ4n) is 5.08. The van der Waals surface area contributed by atoms with Gasteiger partial charge < -0.3 is 10.2 Å². The highest BCUT2D eigenvalue weighted by Gasteiger charge is 2.35. The number of amides is 2. The first-order chi connectivity index (χ1) is 21.5. The van der Waals surface area contributed by atoms with Gasteiger partial charge in [-0.2, -0.15) is 0 Å². The van der Waals surface area contributed by atoms with Crippen molar-refractivity contribution in [1.82, 2.24) is 10.2 Å². The maximum absolute atomic E-state index is 14.5. The molecule has 1 N–H and O–H groups in total. The van der Waals surface area contributed by atoms with E-state index >= 15 is 0 Å². The Morgan fingerprint density at radius 1 is 0.822 bits per heavy atom. The number of sulfonamides is 1. The molecule has 236 valence electrons. The molecule has 0 bridgehead atoms. The van der Waals surface area contributed by atoms with E-state index in [0.29, 0.717) is 23.4 Å². The largest absolute Gasteiger partial charge is 0.354 e. The first kappa shape index (κ1) is 33.4. The van der Waals surface area contributed by atoms with E-state index in [0.717, 1.165) is 15.4 Å². The molecule has 2 amide bonds. The third kappa shape index (κ3) is 8.79. The van der Waals surface area contributed by atoms with Gasteiger partial charge >= 0.3 is 0 Å². The van der Waals surface area contributed by atoms with Gasteiger partial charge in [0.1, 0.15) is 18.4 Å². The Bertz CT molecular complexity index is 1700. The number of anilines is 1. The van der Waals surface area contributed by atoms with E-state index in [-0.39, 0.29) is 29.7 Å². The zero-order chi connectivity index (χ0) is 32.6. The molecule has 1 atom stereocenters. The fraction of sp³-hybridized carbons (Fsp3) is 0.278. The van der Waals surface area contributed by atoms with Crippen LogP contribution in [0.1, 0.15) is 36.1 Å². The van der Waals surface area contributed by atoms with Crippen LogP contribution in [0.25, 0.3) is 0 Å². The number of benzene rings is 4. The highest BCUT2D eigenvalue weighted by molar-refractivity contribution is 7.92. The average molecular weight is 630 g/mol. The van der Waals surface area contributed by atoms with Gasteiger partial charge in [0.2, 0.25) is 11.8 Å². The van der Waals surface area contributed by atoms with Gasteiger partial charge in [0.25, 0.3) is 10.0 Å². The third-order valence-corrected chi connectivity index (χ3v) is 9.23. The Morgan fingerprint density at radius 3 is 2.04 bits per heavy atom. The molecule has 9 heteroatoms. The molecule has 4 aromatic rings. The lowest BCUT2D eigenvalue weighted by Gasteiger charge is -2.34. The van der Waals surface area contributed by atoms with Crippen molar-refractivity contribution in [2.45, 2.75) is 51.6 Å². The molecule has 0 fully saturated rings. The number of halogens is 1. The van der Waals surface area contributed by atoms with E-state index < -0.39 is 34.3 Å². The summed E-state index contributed by atoms with van der Waals surface area (Å²) in [6, 6.07) is 27.4. The van der Waals surface area contributed by atoms with Crippen molar-refractivity contribution in [3.63, 3.8) is 0 Å². The second-order valence-corrected chi connectivity index (χ2v) is 13.5. The third-order valence-electron chi connectivity index (χ3n) is 7.45. The van der Waals surface area contributed by atoms with Gasteiger partial charge in [-0.25, -0.2) is 12.8 Å². The number of hydrogen-bond acceptors (Lipinski definition) is 4. The topological polar surface area (TPSA) is 86.8 Å². The van der Waals surface area contributed by atoms with Crippen molar-refractivity contribution in [2.75, 3.05) is 17.4 Å². The first-order valence-corrected chi connectivity index (χ1v) is 16.4. The van der Waals surface area contributed by atoms with Crippen LogP contribution in [-0.2, 0) is 32.6 Å². The molecule has 0 unspecified atom stereocenters. The summed E-state index contributed by atoms with van der Waals surface area (Å²) in [7, 11) is -4.19. The Morgan fingerprint density at radius 2 is 1.44 bits per heavy atom. The van der Waals surface area contributed by atoms with Crippen LogP contribution in [0.5, 0.6) is 0 Å². The molecular weight excluding hydrogens is 589 g/mol. The molecule has 0 aromatic heterocycles. The van der Waals surface area contributed by atoms with E-state index in [1.54, 1.807) is 49.4 Å². The molecule has 0 spiro atoms. The second-order valence-electron chi connectivity index (χ2n) is 11.6. The maximum atomic E-state index is 14.5. The van der Waals surface area contributed by atoms with E-state index in [1.807, 2.05) is 57.2 Å². The van der Waals surface area contributed by atoms with Crippen LogP contribution in [0.15, 0.2) is 108 Å². The smallest absolute Gasteiger partial charge is 0.264 e. The Balaban J connectivity index is 1.81. The van der Waals surface area contributed by atoms with Crippen molar-refractivity contribution in [3.05, 3.63) is 131 Å². The summed E-state index contributed by atoms with van der Waals surface area (Å²) in [6.07, 6.45) is 0.201.